The highest BCUT2D eigenvalue weighted by molar-refractivity contribution is 9.10. The number of thioether (sulfide) groups is 1. The van der Waals surface area contributed by atoms with Crippen LogP contribution in [0.4, 0.5) is 0 Å². The average Bonchev–Trinajstić information content (AvgIpc) is 3.39. The Kier molecular flexibility index (Phi) is 6.10. The van der Waals surface area contributed by atoms with Gasteiger partial charge in [0, 0.05) is 33.7 Å². The SMILES string of the molecule is COC(=O)Cn1cc(/C=C2\SC(=S)N(C[C@H]3CCCO3)C2=O)c2cc(Br)ccc21. The number of carbonyl (C=O) groups is 2. The van der Waals surface area contributed by atoms with Gasteiger partial charge in [0.1, 0.15) is 10.9 Å². The maximum absolute atomic E-state index is 12.9. The van der Waals surface area contributed by atoms with Crippen molar-refractivity contribution in [1.29, 1.82) is 0 Å². The summed E-state index contributed by atoms with van der Waals surface area (Å²) in [7, 11) is 1.37. The van der Waals surface area contributed by atoms with E-state index in [0.29, 0.717) is 15.8 Å². The Balaban J connectivity index is 1.66. The lowest BCUT2D eigenvalue weighted by Gasteiger charge is -2.18. The smallest absolute Gasteiger partial charge is 0.325 e. The number of methoxy groups -OCH3 is 1. The van der Waals surface area contributed by atoms with E-state index < -0.39 is 0 Å². The van der Waals surface area contributed by atoms with Gasteiger partial charge >= 0.3 is 5.97 Å². The van der Waals surface area contributed by atoms with Crippen LogP contribution in [0.5, 0.6) is 0 Å². The highest BCUT2D eigenvalue weighted by Gasteiger charge is 2.34. The number of thiocarbonyl (C=S) groups is 1. The minimum atomic E-state index is -0.334. The van der Waals surface area contributed by atoms with Crippen molar-refractivity contribution >= 4 is 73.1 Å². The zero-order chi connectivity index (χ0) is 20.5. The summed E-state index contributed by atoms with van der Waals surface area (Å²) in [5.74, 6) is -0.432. The van der Waals surface area contributed by atoms with Gasteiger partial charge in [0.2, 0.25) is 0 Å². The van der Waals surface area contributed by atoms with Crippen molar-refractivity contribution in [2.75, 3.05) is 20.3 Å². The van der Waals surface area contributed by atoms with Gasteiger partial charge < -0.3 is 14.0 Å². The predicted molar refractivity (Wildman–Crippen MR) is 121 cm³/mol. The zero-order valence-electron chi connectivity index (χ0n) is 15.7. The van der Waals surface area contributed by atoms with Gasteiger partial charge in [0.05, 0.1) is 24.7 Å². The van der Waals surface area contributed by atoms with Gasteiger partial charge in [-0.15, -0.1) is 0 Å². The normalized spacial score (nSPS) is 21.0. The molecule has 2 aromatic rings. The van der Waals surface area contributed by atoms with E-state index in [1.54, 1.807) is 4.90 Å². The van der Waals surface area contributed by atoms with Crippen molar-refractivity contribution in [1.82, 2.24) is 9.47 Å². The van der Waals surface area contributed by atoms with Crippen LogP contribution >= 0.6 is 39.9 Å². The van der Waals surface area contributed by atoms with Gasteiger partial charge in [-0.05, 0) is 37.1 Å². The molecule has 152 valence electrons. The largest absolute Gasteiger partial charge is 0.468 e. The molecule has 4 rings (SSSR count). The van der Waals surface area contributed by atoms with Gasteiger partial charge in [0.15, 0.2) is 0 Å². The molecule has 0 unspecified atom stereocenters. The van der Waals surface area contributed by atoms with Crippen LogP contribution in [-0.4, -0.2) is 52.0 Å². The predicted octanol–water partition coefficient (Wildman–Crippen LogP) is 3.96. The number of benzene rings is 1. The van der Waals surface area contributed by atoms with Gasteiger partial charge in [-0.2, -0.15) is 0 Å². The first-order valence-corrected chi connectivity index (χ1v) is 11.2. The monoisotopic (exact) mass is 494 g/mol. The number of hydrogen-bond donors (Lipinski definition) is 0. The van der Waals surface area contributed by atoms with E-state index >= 15 is 0 Å². The highest BCUT2D eigenvalue weighted by Crippen LogP contribution is 2.35. The Hall–Kier alpha value is -1.68. The van der Waals surface area contributed by atoms with Crippen molar-refractivity contribution in [2.24, 2.45) is 0 Å². The fourth-order valence-electron chi connectivity index (χ4n) is 3.54. The summed E-state index contributed by atoms with van der Waals surface area (Å²) in [6.45, 7) is 1.34. The van der Waals surface area contributed by atoms with Crippen molar-refractivity contribution in [3.8, 4) is 0 Å². The van der Waals surface area contributed by atoms with Crippen LogP contribution in [0.15, 0.2) is 33.8 Å². The van der Waals surface area contributed by atoms with Crippen LogP contribution in [0.1, 0.15) is 18.4 Å². The number of fused-ring (bicyclic) bond motifs is 1. The van der Waals surface area contributed by atoms with Gasteiger partial charge in [-0.1, -0.05) is 39.9 Å². The summed E-state index contributed by atoms with van der Waals surface area (Å²) < 4.78 is 13.7. The summed E-state index contributed by atoms with van der Waals surface area (Å²) in [6.07, 6.45) is 5.72. The summed E-state index contributed by atoms with van der Waals surface area (Å²) in [6, 6.07) is 5.82. The molecule has 2 aliphatic heterocycles. The summed E-state index contributed by atoms with van der Waals surface area (Å²) in [4.78, 5) is 26.9. The lowest BCUT2D eigenvalue weighted by Crippen LogP contribution is -2.35. The number of ether oxygens (including phenoxy) is 2. The third kappa shape index (κ3) is 4.28. The fourth-order valence-corrected chi connectivity index (χ4v) is 5.16. The molecule has 0 radical (unpaired) electrons. The van der Waals surface area contributed by atoms with Crippen LogP contribution in [0, 0.1) is 0 Å². The molecule has 2 fully saturated rings. The van der Waals surface area contributed by atoms with E-state index in [1.165, 1.54) is 18.9 Å². The molecule has 0 aliphatic carbocycles. The molecule has 2 saturated heterocycles. The van der Waals surface area contributed by atoms with E-state index in [9.17, 15) is 9.59 Å². The Morgan fingerprint density at radius 3 is 3.03 bits per heavy atom. The second-order valence-electron chi connectivity index (χ2n) is 6.88. The number of rotatable bonds is 5. The van der Waals surface area contributed by atoms with Crippen molar-refractivity contribution in [3.63, 3.8) is 0 Å². The number of amides is 1. The summed E-state index contributed by atoms with van der Waals surface area (Å²) >= 11 is 10.2. The van der Waals surface area contributed by atoms with Crippen LogP contribution < -0.4 is 0 Å². The van der Waals surface area contributed by atoms with Gasteiger partial charge in [0.25, 0.3) is 5.91 Å². The van der Waals surface area contributed by atoms with E-state index in [4.69, 9.17) is 21.7 Å². The molecule has 3 heterocycles. The molecule has 1 atom stereocenters. The standard InChI is InChI=1S/C20H19BrN2O4S2/c1-26-18(24)11-22-9-12(15-8-13(21)4-5-16(15)22)7-17-19(25)23(20(28)29-17)10-14-3-2-6-27-14/h4-5,7-9,14H,2-3,6,10-11H2,1H3/b17-7-/t14-/m1/s1. The van der Waals surface area contributed by atoms with Crippen molar-refractivity contribution in [2.45, 2.75) is 25.5 Å². The number of esters is 1. The first-order valence-electron chi connectivity index (χ1n) is 9.18. The van der Waals surface area contributed by atoms with E-state index in [1.807, 2.05) is 35.0 Å². The molecule has 9 heteroatoms. The molecule has 6 nitrogen and oxygen atoms in total. The van der Waals surface area contributed by atoms with Crippen LogP contribution in [0.25, 0.3) is 17.0 Å². The van der Waals surface area contributed by atoms with Gasteiger partial charge in [-0.25, -0.2) is 0 Å². The molecule has 0 N–H and O–H groups in total. The molecule has 29 heavy (non-hydrogen) atoms. The Morgan fingerprint density at radius 2 is 2.31 bits per heavy atom. The first kappa shape index (κ1) is 20.6. The quantitative estimate of drug-likeness (QED) is 0.356. The topological polar surface area (TPSA) is 60.8 Å². The lowest BCUT2D eigenvalue weighted by atomic mass is 10.1. The number of aromatic nitrogens is 1. The molecule has 0 spiro atoms. The first-order chi connectivity index (χ1) is 14.0. The van der Waals surface area contributed by atoms with Crippen LogP contribution in [0.2, 0.25) is 0 Å². The zero-order valence-corrected chi connectivity index (χ0v) is 18.9. The van der Waals surface area contributed by atoms with E-state index in [-0.39, 0.29) is 24.5 Å². The number of halogens is 1. The van der Waals surface area contributed by atoms with Crippen LogP contribution in [-0.2, 0) is 25.6 Å². The minimum Gasteiger partial charge on any atom is -0.468 e. The minimum absolute atomic E-state index is 0.0507. The Labute approximate surface area is 186 Å². The van der Waals surface area contributed by atoms with E-state index in [0.717, 1.165) is 40.4 Å². The van der Waals surface area contributed by atoms with Crippen molar-refractivity contribution in [3.05, 3.63) is 39.3 Å². The molecule has 1 aromatic carbocycles. The molecule has 2 aliphatic rings. The van der Waals surface area contributed by atoms with Gasteiger partial charge in [-0.3, -0.25) is 14.5 Å². The average molecular weight is 495 g/mol. The molecule has 1 amide bonds. The second kappa shape index (κ2) is 8.59. The molecular weight excluding hydrogens is 476 g/mol. The molecule has 0 saturated carbocycles. The Bertz CT molecular complexity index is 1030. The molecule has 1 aromatic heterocycles. The lowest BCUT2D eigenvalue weighted by molar-refractivity contribution is -0.141. The van der Waals surface area contributed by atoms with Crippen molar-refractivity contribution < 1.29 is 19.1 Å². The molecule has 0 bridgehead atoms. The maximum atomic E-state index is 12.9. The highest BCUT2D eigenvalue weighted by atomic mass is 79.9. The van der Waals surface area contributed by atoms with Crippen LogP contribution in [0.3, 0.4) is 0 Å². The second-order valence-corrected chi connectivity index (χ2v) is 9.47. The van der Waals surface area contributed by atoms with E-state index in [2.05, 4.69) is 15.9 Å². The number of hydrogen-bond acceptors (Lipinski definition) is 6. The number of nitrogens with zero attached hydrogens (tertiary/aromatic N) is 2. The fraction of sp³-hybridized carbons (Fsp3) is 0.350. The number of carbonyl (C=O) groups excluding carboxylic acids is 2. The summed E-state index contributed by atoms with van der Waals surface area (Å²) in [5, 5.41) is 0.938. The third-order valence-corrected chi connectivity index (χ3v) is 6.84. The third-order valence-electron chi connectivity index (χ3n) is 4.97. The summed E-state index contributed by atoms with van der Waals surface area (Å²) in [5.41, 5.74) is 1.74. The Morgan fingerprint density at radius 1 is 1.48 bits per heavy atom. The maximum Gasteiger partial charge on any atom is 0.325 e. The molecular formula is C20H19BrN2O4S2.